The van der Waals surface area contributed by atoms with Crippen molar-refractivity contribution in [3.63, 3.8) is 0 Å². The van der Waals surface area contributed by atoms with Crippen molar-refractivity contribution in [3.8, 4) is 45.8 Å². The molecule has 9 heteroatoms. The number of aromatic hydroxyl groups is 6. The van der Waals surface area contributed by atoms with Gasteiger partial charge in [0.05, 0.1) is 6.61 Å². The maximum atomic E-state index is 12.3. The van der Waals surface area contributed by atoms with Crippen LogP contribution in [0, 0.1) is 0 Å². The Hall–Kier alpha value is -3.59. The van der Waals surface area contributed by atoms with E-state index in [2.05, 4.69) is 0 Å². The van der Waals surface area contributed by atoms with Crippen LogP contribution in [0.3, 0.4) is 0 Å². The van der Waals surface area contributed by atoms with E-state index in [0.717, 1.165) is 12.1 Å². The van der Waals surface area contributed by atoms with E-state index >= 15 is 0 Å². The molecule has 0 spiro atoms. The molecule has 9 nitrogen and oxygen atoms in total. The summed E-state index contributed by atoms with van der Waals surface area (Å²) in [5.74, 6) is -5.25. The lowest BCUT2D eigenvalue weighted by Crippen LogP contribution is -2.03. The van der Waals surface area contributed by atoms with E-state index in [9.17, 15) is 40.5 Å². The number of rotatable bonds is 2. The van der Waals surface area contributed by atoms with Gasteiger partial charge in [-0.1, -0.05) is 0 Å². The van der Waals surface area contributed by atoms with Gasteiger partial charge in [-0.25, -0.2) is 0 Å². The van der Waals surface area contributed by atoms with Crippen molar-refractivity contribution < 1.29 is 40.2 Å². The average Bonchev–Trinajstić information content (AvgIpc) is 2.58. The van der Waals surface area contributed by atoms with Gasteiger partial charge in [0.15, 0.2) is 28.8 Å². The fourth-order valence-electron chi connectivity index (χ4n) is 2.43. The molecule has 1 aromatic heterocycles. The number of aliphatic hydroxyl groups is 1. The third kappa shape index (κ3) is 2.34. The Kier molecular flexibility index (Phi) is 3.58. The number of benzene rings is 2. The second kappa shape index (κ2) is 5.49. The van der Waals surface area contributed by atoms with Crippen molar-refractivity contribution in [1.29, 1.82) is 0 Å². The Morgan fingerprint density at radius 1 is 0.800 bits per heavy atom. The second-order valence-corrected chi connectivity index (χ2v) is 5.24. The average molecular weight is 348 g/mol. The van der Waals surface area contributed by atoms with Crippen LogP contribution < -0.4 is 5.43 Å². The lowest BCUT2D eigenvalue weighted by Gasteiger charge is -2.11. The summed E-state index contributed by atoms with van der Waals surface area (Å²) in [6.07, 6.45) is 0. The predicted octanol–water partition coefficient (Wildman–Crippen LogP) is 1.19. The lowest BCUT2D eigenvalue weighted by atomic mass is 10.0. The first-order valence-electron chi connectivity index (χ1n) is 6.86. The largest absolute Gasteiger partial charge is 0.504 e. The molecule has 0 bridgehead atoms. The third-order valence-corrected chi connectivity index (χ3v) is 3.69. The van der Waals surface area contributed by atoms with E-state index in [4.69, 9.17) is 4.42 Å². The van der Waals surface area contributed by atoms with E-state index in [1.54, 1.807) is 0 Å². The van der Waals surface area contributed by atoms with Crippen molar-refractivity contribution in [2.24, 2.45) is 0 Å². The monoisotopic (exact) mass is 348 g/mol. The molecule has 0 saturated carbocycles. The number of hydrogen-bond donors (Lipinski definition) is 7. The molecule has 0 aliphatic carbocycles. The fourth-order valence-corrected chi connectivity index (χ4v) is 2.43. The molecule has 0 fully saturated rings. The normalized spacial score (nSPS) is 11.1. The molecule has 0 aliphatic rings. The summed E-state index contributed by atoms with van der Waals surface area (Å²) >= 11 is 0. The third-order valence-electron chi connectivity index (χ3n) is 3.69. The Bertz CT molecular complexity index is 1070. The maximum Gasteiger partial charge on any atom is 0.238 e. The molecule has 0 atom stereocenters. The highest BCUT2D eigenvalue weighted by atomic mass is 16.4. The zero-order valence-corrected chi connectivity index (χ0v) is 12.4. The summed E-state index contributed by atoms with van der Waals surface area (Å²) in [6.45, 7) is -0.638. The van der Waals surface area contributed by atoms with Gasteiger partial charge in [0.1, 0.15) is 11.0 Å². The van der Waals surface area contributed by atoms with Gasteiger partial charge in [-0.15, -0.1) is 0 Å². The second-order valence-electron chi connectivity index (χ2n) is 5.24. The summed E-state index contributed by atoms with van der Waals surface area (Å²) in [4.78, 5) is 12.3. The maximum absolute atomic E-state index is 12.3. The summed E-state index contributed by atoms with van der Waals surface area (Å²) in [5, 5.41) is 66.8. The number of aliphatic hydroxyl groups excluding tert-OH is 1. The van der Waals surface area contributed by atoms with Gasteiger partial charge in [0.2, 0.25) is 16.9 Å². The van der Waals surface area contributed by atoms with Gasteiger partial charge in [-0.3, -0.25) is 4.79 Å². The van der Waals surface area contributed by atoms with Crippen LogP contribution in [-0.2, 0) is 6.61 Å². The Balaban J connectivity index is 2.40. The highest BCUT2D eigenvalue weighted by molar-refractivity contribution is 5.91. The molecule has 1 heterocycles. The van der Waals surface area contributed by atoms with Gasteiger partial charge in [-0.05, 0) is 12.1 Å². The molecule has 0 aliphatic heterocycles. The molecule has 0 unspecified atom stereocenters. The summed E-state index contributed by atoms with van der Waals surface area (Å²) in [6, 6.07) is 3.01. The van der Waals surface area contributed by atoms with Crippen molar-refractivity contribution in [2.75, 3.05) is 0 Å². The molecule has 25 heavy (non-hydrogen) atoms. The predicted molar refractivity (Wildman–Crippen MR) is 83.8 cm³/mol. The van der Waals surface area contributed by atoms with Crippen molar-refractivity contribution >= 4 is 11.0 Å². The number of fused-ring (bicyclic) bond motifs is 1. The van der Waals surface area contributed by atoms with E-state index in [1.165, 1.54) is 6.07 Å². The van der Waals surface area contributed by atoms with Gasteiger partial charge < -0.3 is 40.2 Å². The van der Waals surface area contributed by atoms with Crippen LogP contribution >= 0.6 is 0 Å². The first-order valence-corrected chi connectivity index (χ1v) is 6.86. The highest BCUT2D eigenvalue weighted by Crippen LogP contribution is 2.43. The molecule has 2 aromatic carbocycles. The van der Waals surface area contributed by atoms with E-state index < -0.39 is 57.7 Å². The Labute approximate surface area is 138 Å². The summed E-state index contributed by atoms with van der Waals surface area (Å²) < 4.78 is 5.31. The SMILES string of the molecule is O=c1c(O)c(-c2cc(O)c(O)c(CO)c2)oc2cc(O)c(O)c(O)c12. The minimum atomic E-state index is -1.10. The first kappa shape index (κ1) is 16.3. The number of phenols is 5. The fraction of sp³-hybridized carbons (Fsp3) is 0.0625. The lowest BCUT2D eigenvalue weighted by molar-refractivity contribution is 0.273. The molecular formula is C16H12O9. The smallest absolute Gasteiger partial charge is 0.238 e. The van der Waals surface area contributed by atoms with E-state index in [0.29, 0.717) is 0 Å². The Morgan fingerprint density at radius 3 is 2.08 bits per heavy atom. The van der Waals surface area contributed by atoms with Crippen molar-refractivity contribution in [3.05, 3.63) is 34.0 Å². The highest BCUT2D eigenvalue weighted by Gasteiger charge is 2.23. The van der Waals surface area contributed by atoms with Crippen LogP contribution in [0.2, 0.25) is 0 Å². The van der Waals surface area contributed by atoms with E-state index in [-0.39, 0.29) is 16.7 Å². The van der Waals surface area contributed by atoms with E-state index in [1.807, 2.05) is 0 Å². The van der Waals surface area contributed by atoms with Crippen LogP contribution in [0.1, 0.15) is 5.56 Å². The first-order chi connectivity index (χ1) is 11.8. The molecule has 0 saturated heterocycles. The van der Waals surface area contributed by atoms with Gasteiger partial charge in [0.25, 0.3) is 0 Å². The van der Waals surface area contributed by atoms with Crippen molar-refractivity contribution in [2.45, 2.75) is 6.61 Å². The minimum absolute atomic E-state index is 0.0529. The van der Waals surface area contributed by atoms with Gasteiger partial charge >= 0.3 is 0 Å². The molecule has 3 aromatic rings. The number of hydrogen-bond acceptors (Lipinski definition) is 9. The van der Waals surface area contributed by atoms with Crippen LogP contribution in [0.5, 0.6) is 34.5 Å². The van der Waals surface area contributed by atoms with Gasteiger partial charge in [-0.2, -0.15) is 0 Å². The molecule has 3 rings (SSSR count). The van der Waals surface area contributed by atoms with Crippen LogP contribution in [0.4, 0.5) is 0 Å². The van der Waals surface area contributed by atoms with Crippen molar-refractivity contribution in [1.82, 2.24) is 0 Å². The minimum Gasteiger partial charge on any atom is -0.504 e. The van der Waals surface area contributed by atoms with Crippen LogP contribution in [0.15, 0.2) is 27.4 Å². The number of phenolic OH excluding ortho intramolecular Hbond substituents is 4. The van der Waals surface area contributed by atoms with Crippen LogP contribution in [-0.4, -0.2) is 35.7 Å². The standard InChI is InChI=1S/C16H12O9/c17-4-6-1-5(2-7(18)11(6)20)16-15(24)14(23)10-9(25-16)3-8(19)12(21)13(10)22/h1-3,17-22,24H,4H2. The molecule has 0 radical (unpaired) electrons. The Morgan fingerprint density at radius 2 is 1.44 bits per heavy atom. The summed E-state index contributed by atoms with van der Waals surface area (Å²) in [5.41, 5.74) is -1.58. The van der Waals surface area contributed by atoms with Crippen LogP contribution in [0.25, 0.3) is 22.3 Å². The zero-order chi connectivity index (χ0) is 18.5. The van der Waals surface area contributed by atoms with Gasteiger partial charge in [0, 0.05) is 17.2 Å². The molecular weight excluding hydrogens is 336 g/mol. The summed E-state index contributed by atoms with van der Waals surface area (Å²) in [7, 11) is 0. The zero-order valence-electron chi connectivity index (χ0n) is 12.4. The quantitative estimate of drug-likeness (QED) is 0.336. The topological polar surface area (TPSA) is 172 Å². The molecule has 130 valence electrons. The molecule has 7 N–H and O–H groups in total. The molecule has 0 amide bonds.